The molecule has 0 bridgehead atoms. The first-order chi connectivity index (χ1) is 10.3. The lowest BCUT2D eigenvalue weighted by atomic mass is 10.1. The quantitative estimate of drug-likeness (QED) is 0.882. The van der Waals surface area contributed by atoms with Crippen molar-refractivity contribution in [3.8, 4) is 0 Å². The maximum absolute atomic E-state index is 12.2. The molecule has 3 rings (SSSR count). The van der Waals surface area contributed by atoms with Crippen LogP contribution in [0.2, 0.25) is 5.02 Å². The highest BCUT2D eigenvalue weighted by atomic mass is 35.5. The summed E-state index contributed by atoms with van der Waals surface area (Å²) in [6.45, 7) is 3.37. The molecule has 1 aliphatic heterocycles. The van der Waals surface area contributed by atoms with E-state index in [1.165, 1.54) is 0 Å². The molecule has 1 N–H and O–H groups in total. The smallest absolute Gasteiger partial charge is 0.233 e. The Morgan fingerprint density at radius 3 is 2.67 bits per heavy atom. The number of carbonyl (C=O) groups excluding carboxylic acids is 1. The Balaban J connectivity index is 1.74. The van der Waals surface area contributed by atoms with Gasteiger partial charge in [-0.25, -0.2) is 0 Å². The fourth-order valence-electron chi connectivity index (χ4n) is 2.53. The highest BCUT2D eigenvalue weighted by Crippen LogP contribution is 2.33. The lowest BCUT2D eigenvalue weighted by Gasteiger charge is -2.27. The Labute approximate surface area is 133 Å². The number of rotatable bonds is 3. The van der Waals surface area contributed by atoms with E-state index < -0.39 is 0 Å². The van der Waals surface area contributed by atoms with Crippen LogP contribution in [0.4, 0.5) is 0 Å². The van der Waals surface area contributed by atoms with Gasteiger partial charge in [-0.15, -0.1) is 11.8 Å². The minimum atomic E-state index is 0.200. The minimum absolute atomic E-state index is 0.200. The number of carbonyl (C=O) groups is 1. The third kappa shape index (κ3) is 3.34. The standard InChI is InChI=1S/C16H17ClN2OS/c17-13-5-1-3-12-4-2-6-14(16(12)13)21-11-15(20)19-9-7-18-8-10-19/h1-6,18H,7-11H2. The summed E-state index contributed by atoms with van der Waals surface area (Å²) >= 11 is 7.88. The number of fused-ring (bicyclic) bond motifs is 1. The molecular formula is C16H17ClN2OS. The van der Waals surface area contributed by atoms with Gasteiger partial charge in [-0.2, -0.15) is 0 Å². The molecular weight excluding hydrogens is 304 g/mol. The van der Waals surface area contributed by atoms with Gasteiger partial charge in [0.1, 0.15) is 0 Å². The van der Waals surface area contributed by atoms with E-state index in [9.17, 15) is 4.79 Å². The van der Waals surface area contributed by atoms with Gasteiger partial charge in [0.05, 0.1) is 5.75 Å². The molecule has 1 fully saturated rings. The van der Waals surface area contributed by atoms with Gasteiger partial charge in [-0.3, -0.25) is 4.79 Å². The number of halogens is 1. The minimum Gasteiger partial charge on any atom is -0.339 e. The Bertz CT molecular complexity index is 651. The van der Waals surface area contributed by atoms with Crippen molar-refractivity contribution in [2.24, 2.45) is 0 Å². The van der Waals surface area contributed by atoms with Crippen LogP contribution in [0.25, 0.3) is 10.8 Å². The summed E-state index contributed by atoms with van der Waals surface area (Å²) in [5.74, 6) is 0.662. The van der Waals surface area contributed by atoms with Crippen LogP contribution in [-0.2, 0) is 4.79 Å². The number of piperazine rings is 1. The van der Waals surface area contributed by atoms with Crippen LogP contribution < -0.4 is 5.32 Å². The van der Waals surface area contributed by atoms with Crippen molar-refractivity contribution in [2.45, 2.75) is 4.90 Å². The average molecular weight is 321 g/mol. The van der Waals surface area contributed by atoms with Crippen LogP contribution in [0.3, 0.4) is 0 Å². The van der Waals surface area contributed by atoms with Gasteiger partial charge >= 0.3 is 0 Å². The van der Waals surface area contributed by atoms with E-state index in [1.807, 2.05) is 41.3 Å². The predicted molar refractivity (Wildman–Crippen MR) is 89.1 cm³/mol. The van der Waals surface area contributed by atoms with Crippen LogP contribution in [0, 0.1) is 0 Å². The summed E-state index contributed by atoms with van der Waals surface area (Å²) in [4.78, 5) is 15.2. The fraction of sp³-hybridized carbons (Fsp3) is 0.312. The van der Waals surface area contributed by atoms with Crippen LogP contribution >= 0.6 is 23.4 Å². The van der Waals surface area contributed by atoms with E-state index in [1.54, 1.807) is 11.8 Å². The SMILES string of the molecule is O=C(CSc1cccc2cccc(Cl)c12)N1CCNCC1. The molecule has 0 atom stereocenters. The highest BCUT2D eigenvalue weighted by molar-refractivity contribution is 8.00. The highest BCUT2D eigenvalue weighted by Gasteiger charge is 2.16. The first kappa shape index (κ1) is 14.7. The second-order valence-electron chi connectivity index (χ2n) is 5.01. The number of nitrogens with zero attached hydrogens (tertiary/aromatic N) is 1. The Kier molecular flexibility index (Phi) is 4.68. The third-order valence-electron chi connectivity index (χ3n) is 3.64. The molecule has 2 aromatic rings. The lowest BCUT2D eigenvalue weighted by molar-refractivity contribution is -0.128. The monoisotopic (exact) mass is 320 g/mol. The maximum Gasteiger partial charge on any atom is 0.233 e. The van der Waals surface area contributed by atoms with Crippen molar-refractivity contribution in [3.05, 3.63) is 41.4 Å². The molecule has 0 radical (unpaired) electrons. The molecule has 110 valence electrons. The van der Waals surface area contributed by atoms with Crippen LogP contribution in [0.5, 0.6) is 0 Å². The average Bonchev–Trinajstić information content (AvgIpc) is 2.53. The van der Waals surface area contributed by atoms with Crippen molar-refractivity contribution >= 4 is 40.0 Å². The number of amides is 1. The van der Waals surface area contributed by atoms with E-state index in [-0.39, 0.29) is 5.91 Å². The van der Waals surface area contributed by atoms with E-state index in [4.69, 9.17) is 11.6 Å². The summed E-state index contributed by atoms with van der Waals surface area (Å²) in [6, 6.07) is 12.0. The van der Waals surface area contributed by atoms with E-state index in [0.717, 1.165) is 46.9 Å². The molecule has 0 saturated carbocycles. The molecule has 0 unspecified atom stereocenters. The molecule has 21 heavy (non-hydrogen) atoms. The van der Waals surface area contributed by atoms with Gasteiger partial charge in [-0.1, -0.05) is 35.9 Å². The zero-order chi connectivity index (χ0) is 14.7. The first-order valence-electron chi connectivity index (χ1n) is 7.04. The summed E-state index contributed by atoms with van der Waals surface area (Å²) in [5, 5.41) is 6.15. The second kappa shape index (κ2) is 6.69. The zero-order valence-electron chi connectivity index (χ0n) is 11.6. The molecule has 5 heteroatoms. The summed E-state index contributed by atoms with van der Waals surface area (Å²) in [7, 11) is 0. The lowest BCUT2D eigenvalue weighted by Crippen LogP contribution is -2.47. The Morgan fingerprint density at radius 2 is 1.90 bits per heavy atom. The molecule has 1 saturated heterocycles. The molecule has 1 aliphatic rings. The van der Waals surface area contributed by atoms with Crippen LogP contribution in [0.15, 0.2) is 41.3 Å². The molecule has 3 nitrogen and oxygen atoms in total. The molecule has 1 heterocycles. The largest absolute Gasteiger partial charge is 0.339 e. The van der Waals surface area contributed by atoms with Crippen molar-refractivity contribution in [1.82, 2.24) is 10.2 Å². The van der Waals surface area contributed by atoms with Gasteiger partial charge < -0.3 is 10.2 Å². The van der Waals surface area contributed by atoms with Gasteiger partial charge in [0.2, 0.25) is 5.91 Å². The molecule has 0 spiro atoms. The van der Waals surface area contributed by atoms with Crippen molar-refractivity contribution in [2.75, 3.05) is 31.9 Å². The summed E-state index contributed by atoms with van der Waals surface area (Å²) in [5.41, 5.74) is 0. The van der Waals surface area contributed by atoms with E-state index in [2.05, 4.69) is 5.32 Å². The Morgan fingerprint density at radius 1 is 1.19 bits per heavy atom. The van der Waals surface area contributed by atoms with Gasteiger partial charge in [0.15, 0.2) is 0 Å². The molecule has 2 aromatic carbocycles. The van der Waals surface area contributed by atoms with Gasteiger partial charge in [-0.05, 0) is 17.5 Å². The van der Waals surface area contributed by atoms with Gasteiger partial charge in [0.25, 0.3) is 0 Å². The fourth-order valence-corrected chi connectivity index (χ4v) is 3.88. The zero-order valence-corrected chi connectivity index (χ0v) is 13.2. The maximum atomic E-state index is 12.2. The third-order valence-corrected chi connectivity index (χ3v) is 4.99. The molecule has 0 aromatic heterocycles. The topological polar surface area (TPSA) is 32.3 Å². The first-order valence-corrected chi connectivity index (χ1v) is 8.40. The number of nitrogens with one attached hydrogen (secondary N) is 1. The predicted octanol–water partition coefficient (Wildman–Crippen LogP) is 3.02. The van der Waals surface area contributed by atoms with E-state index >= 15 is 0 Å². The molecule has 1 amide bonds. The number of benzene rings is 2. The summed E-state index contributed by atoms with van der Waals surface area (Å²) < 4.78 is 0. The van der Waals surface area contributed by atoms with Crippen molar-refractivity contribution in [1.29, 1.82) is 0 Å². The number of thioether (sulfide) groups is 1. The van der Waals surface area contributed by atoms with E-state index in [0.29, 0.717) is 5.75 Å². The number of hydrogen-bond donors (Lipinski definition) is 1. The summed E-state index contributed by atoms with van der Waals surface area (Å²) in [6.07, 6.45) is 0. The normalized spacial score (nSPS) is 15.4. The van der Waals surface area contributed by atoms with Crippen molar-refractivity contribution < 1.29 is 4.79 Å². The van der Waals surface area contributed by atoms with Crippen molar-refractivity contribution in [3.63, 3.8) is 0 Å². The second-order valence-corrected chi connectivity index (χ2v) is 6.44. The Hall–Kier alpha value is -1.23. The number of hydrogen-bond acceptors (Lipinski definition) is 3. The van der Waals surface area contributed by atoms with Crippen LogP contribution in [-0.4, -0.2) is 42.7 Å². The van der Waals surface area contributed by atoms with Gasteiger partial charge in [0, 0.05) is 41.5 Å². The van der Waals surface area contributed by atoms with Crippen LogP contribution in [0.1, 0.15) is 0 Å². The molecule has 0 aliphatic carbocycles.